The van der Waals surface area contributed by atoms with Crippen LogP contribution in [-0.2, 0) is 4.79 Å². The van der Waals surface area contributed by atoms with Crippen molar-refractivity contribution in [3.8, 4) is 11.5 Å². The Morgan fingerprint density at radius 1 is 1.10 bits per heavy atom. The van der Waals surface area contributed by atoms with Gasteiger partial charge in [0.05, 0.1) is 19.8 Å². The third kappa shape index (κ3) is 5.15. The standard InChI is InChI=1S/C23H28N2O4/c1-3-29-18-10-8-17(9-11-18)21(26)12-13-23(27)25-15-14-24-16-20(25)19-6-4-5-7-22(19)28-2/h4-11,20,24H,3,12-16H2,1-2H3. The predicted octanol–water partition coefficient (Wildman–Crippen LogP) is 3.23. The maximum absolute atomic E-state index is 12.9. The van der Waals surface area contributed by atoms with E-state index in [0.717, 1.165) is 23.6 Å². The molecule has 1 amide bonds. The first-order valence-corrected chi connectivity index (χ1v) is 10.0. The quantitative estimate of drug-likeness (QED) is 0.694. The van der Waals surface area contributed by atoms with E-state index in [1.807, 2.05) is 36.1 Å². The number of para-hydroxylation sites is 1. The lowest BCUT2D eigenvalue weighted by Crippen LogP contribution is -2.48. The molecule has 1 unspecified atom stereocenters. The molecule has 1 atom stereocenters. The van der Waals surface area contributed by atoms with Gasteiger partial charge in [0.2, 0.25) is 5.91 Å². The highest BCUT2D eigenvalue weighted by Gasteiger charge is 2.29. The summed E-state index contributed by atoms with van der Waals surface area (Å²) >= 11 is 0. The van der Waals surface area contributed by atoms with Crippen LogP contribution in [0.15, 0.2) is 48.5 Å². The molecule has 0 aromatic heterocycles. The monoisotopic (exact) mass is 396 g/mol. The van der Waals surface area contributed by atoms with E-state index < -0.39 is 0 Å². The predicted molar refractivity (Wildman–Crippen MR) is 111 cm³/mol. The molecule has 0 spiro atoms. The van der Waals surface area contributed by atoms with Crippen LogP contribution in [0.2, 0.25) is 0 Å². The van der Waals surface area contributed by atoms with Gasteiger partial charge in [-0.25, -0.2) is 0 Å². The van der Waals surface area contributed by atoms with Crippen LogP contribution in [-0.4, -0.2) is 49.9 Å². The highest BCUT2D eigenvalue weighted by Crippen LogP contribution is 2.30. The van der Waals surface area contributed by atoms with Crippen molar-refractivity contribution >= 4 is 11.7 Å². The Hall–Kier alpha value is -2.86. The van der Waals surface area contributed by atoms with Gasteiger partial charge in [-0.3, -0.25) is 9.59 Å². The Labute approximate surface area is 171 Å². The number of carbonyl (C=O) groups excluding carboxylic acids is 2. The Morgan fingerprint density at radius 3 is 2.59 bits per heavy atom. The Kier molecular flexibility index (Phi) is 7.25. The molecule has 1 aliphatic rings. The molecule has 1 heterocycles. The van der Waals surface area contributed by atoms with Crippen molar-refractivity contribution in [1.29, 1.82) is 0 Å². The smallest absolute Gasteiger partial charge is 0.223 e. The summed E-state index contributed by atoms with van der Waals surface area (Å²) in [6, 6.07) is 14.7. The minimum absolute atomic E-state index is 0.0123. The van der Waals surface area contributed by atoms with E-state index in [1.54, 1.807) is 31.4 Å². The van der Waals surface area contributed by atoms with Crippen molar-refractivity contribution < 1.29 is 19.1 Å². The van der Waals surface area contributed by atoms with Crippen molar-refractivity contribution in [2.75, 3.05) is 33.4 Å². The van der Waals surface area contributed by atoms with Gasteiger partial charge in [0.1, 0.15) is 11.5 Å². The van der Waals surface area contributed by atoms with Gasteiger partial charge in [0.15, 0.2) is 5.78 Å². The normalized spacial score (nSPS) is 16.3. The molecule has 1 aliphatic heterocycles. The van der Waals surface area contributed by atoms with Crippen LogP contribution in [0.4, 0.5) is 0 Å². The number of amides is 1. The van der Waals surface area contributed by atoms with Crippen LogP contribution < -0.4 is 14.8 Å². The van der Waals surface area contributed by atoms with Gasteiger partial charge < -0.3 is 19.7 Å². The summed E-state index contributed by atoms with van der Waals surface area (Å²) in [5.74, 6) is 1.46. The van der Waals surface area contributed by atoms with Gasteiger partial charge in [-0.1, -0.05) is 18.2 Å². The zero-order valence-corrected chi connectivity index (χ0v) is 17.0. The van der Waals surface area contributed by atoms with Crippen molar-refractivity contribution in [3.63, 3.8) is 0 Å². The molecule has 154 valence electrons. The van der Waals surface area contributed by atoms with Gasteiger partial charge >= 0.3 is 0 Å². The maximum Gasteiger partial charge on any atom is 0.223 e. The lowest BCUT2D eigenvalue weighted by atomic mass is 10.0. The van der Waals surface area contributed by atoms with E-state index in [2.05, 4.69) is 5.32 Å². The number of carbonyl (C=O) groups is 2. The Bertz CT molecular complexity index is 835. The van der Waals surface area contributed by atoms with E-state index in [-0.39, 0.29) is 30.6 Å². The fourth-order valence-electron chi connectivity index (χ4n) is 3.63. The largest absolute Gasteiger partial charge is 0.496 e. The number of ketones is 1. The molecule has 3 rings (SSSR count). The number of Topliss-reactive ketones (excluding diaryl/α,β-unsaturated/α-hetero) is 1. The highest BCUT2D eigenvalue weighted by atomic mass is 16.5. The minimum Gasteiger partial charge on any atom is -0.496 e. The summed E-state index contributed by atoms with van der Waals surface area (Å²) in [6.07, 6.45) is 0.382. The molecule has 1 fully saturated rings. The number of hydrogen-bond acceptors (Lipinski definition) is 5. The van der Waals surface area contributed by atoms with Gasteiger partial charge in [0, 0.05) is 43.6 Å². The number of hydrogen-bond donors (Lipinski definition) is 1. The summed E-state index contributed by atoms with van der Waals surface area (Å²) in [5.41, 5.74) is 1.58. The van der Waals surface area contributed by atoms with Gasteiger partial charge in [-0.2, -0.15) is 0 Å². The minimum atomic E-state index is -0.104. The van der Waals surface area contributed by atoms with E-state index in [1.165, 1.54) is 0 Å². The van der Waals surface area contributed by atoms with Gasteiger partial charge in [-0.15, -0.1) is 0 Å². The van der Waals surface area contributed by atoms with Crippen LogP contribution >= 0.6 is 0 Å². The summed E-state index contributed by atoms with van der Waals surface area (Å²) in [4.78, 5) is 27.3. The van der Waals surface area contributed by atoms with Crippen LogP contribution in [0.3, 0.4) is 0 Å². The Morgan fingerprint density at radius 2 is 1.86 bits per heavy atom. The molecule has 0 bridgehead atoms. The van der Waals surface area contributed by atoms with Crippen molar-refractivity contribution in [2.45, 2.75) is 25.8 Å². The number of piperazine rings is 1. The molecule has 2 aromatic rings. The van der Waals surface area contributed by atoms with Gasteiger partial charge in [-0.05, 0) is 37.3 Å². The van der Waals surface area contributed by atoms with Crippen LogP contribution in [0.1, 0.15) is 41.7 Å². The number of benzene rings is 2. The van der Waals surface area contributed by atoms with Crippen LogP contribution in [0, 0.1) is 0 Å². The van der Waals surface area contributed by atoms with Gasteiger partial charge in [0.25, 0.3) is 0 Å². The SMILES string of the molecule is CCOc1ccc(C(=O)CCC(=O)N2CCNCC2c2ccccc2OC)cc1. The number of nitrogens with zero attached hydrogens (tertiary/aromatic N) is 1. The molecule has 1 saturated heterocycles. The van der Waals surface area contributed by atoms with Crippen molar-refractivity contribution in [1.82, 2.24) is 10.2 Å². The lowest BCUT2D eigenvalue weighted by molar-refractivity contribution is -0.134. The number of methoxy groups -OCH3 is 1. The van der Waals surface area contributed by atoms with Crippen LogP contribution in [0.25, 0.3) is 0 Å². The lowest BCUT2D eigenvalue weighted by Gasteiger charge is -2.37. The molecule has 0 radical (unpaired) electrons. The molecule has 6 nitrogen and oxygen atoms in total. The number of nitrogens with one attached hydrogen (secondary N) is 1. The number of ether oxygens (including phenoxy) is 2. The second kappa shape index (κ2) is 10.1. The number of rotatable bonds is 8. The average molecular weight is 396 g/mol. The fourth-order valence-corrected chi connectivity index (χ4v) is 3.63. The molecule has 6 heteroatoms. The summed E-state index contributed by atoms with van der Waals surface area (Å²) in [5, 5.41) is 3.35. The summed E-state index contributed by atoms with van der Waals surface area (Å²) < 4.78 is 10.9. The highest BCUT2D eigenvalue weighted by molar-refractivity contribution is 5.98. The van der Waals surface area contributed by atoms with Crippen molar-refractivity contribution in [3.05, 3.63) is 59.7 Å². The summed E-state index contributed by atoms with van der Waals surface area (Å²) in [7, 11) is 1.64. The molecule has 0 saturated carbocycles. The molecule has 29 heavy (non-hydrogen) atoms. The molecular weight excluding hydrogens is 368 g/mol. The zero-order chi connectivity index (χ0) is 20.6. The summed E-state index contributed by atoms with van der Waals surface area (Å²) in [6.45, 7) is 4.51. The third-order valence-corrected chi connectivity index (χ3v) is 5.11. The average Bonchev–Trinajstić information content (AvgIpc) is 2.78. The van der Waals surface area contributed by atoms with E-state index in [9.17, 15) is 9.59 Å². The van der Waals surface area contributed by atoms with Crippen LogP contribution in [0.5, 0.6) is 11.5 Å². The van der Waals surface area contributed by atoms with Crippen molar-refractivity contribution in [2.24, 2.45) is 0 Å². The first kappa shape index (κ1) is 20.9. The third-order valence-electron chi connectivity index (χ3n) is 5.11. The second-order valence-corrected chi connectivity index (χ2v) is 6.93. The molecule has 2 aromatic carbocycles. The second-order valence-electron chi connectivity index (χ2n) is 6.93. The molecule has 0 aliphatic carbocycles. The molecular formula is C23H28N2O4. The van der Waals surface area contributed by atoms with E-state index in [4.69, 9.17) is 9.47 Å². The topological polar surface area (TPSA) is 67.9 Å². The fraction of sp³-hybridized carbons (Fsp3) is 0.391. The first-order chi connectivity index (χ1) is 14.1. The van der Waals surface area contributed by atoms with E-state index in [0.29, 0.717) is 25.3 Å². The maximum atomic E-state index is 12.9. The Balaban J connectivity index is 1.64. The first-order valence-electron chi connectivity index (χ1n) is 10.0. The molecule has 1 N–H and O–H groups in total. The van der Waals surface area contributed by atoms with E-state index >= 15 is 0 Å². The zero-order valence-electron chi connectivity index (χ0n) is 17.0.